The molecule has 4 N–H and O–H groups in total. The molecule has 0 radical (unpaired) electrons. The Morgan fingerprint density at radius 2 is 2.41 bits per heavy atom. The molecule has 1 aliphatic carbocycles. The van der Waals surface area contributed by atoms with Crippen molar-refractivity contribution in [2.24, 2.45) is 11.1 Å². The molecule has 1 atom stereocenters. The molecular formula is C11H16N4OS. The number of hydrogen-bond acceptors (Lipinski definition) is 3. The number of aromatic nitrogens is 2. The molecule has 0 aromatic carbocycles. The molecule has 1 amide bonds. The molecule has 1 saturated carbocycles. The fourth-order valence-corrected chi connectivity index (χ4v) is 2.33. The van der Waals surface area contributed by atoms with Gasteiger partial charge in [-0.05, 0) is 19.8 Å². The summed E-state index contributed by atoms with van der Waals surface area (Å²) in [6, 6.07) is -0.163. The fourth-order valence-electron chi connectivity index (χ4n) is 2.03. The van der Waals surface area contributed by atoms with Gasteiger partial charge >= 0.3 is 0 Å². The van der Waals surface area contributed by atoms with Gasteiger partial charge < -0.3 is 16.0 Å². The first kappa shape index (κ1) is 12.0. The summed E-state index contributed by atoms with van der Waals surface area (Å²) in [6.45, 7) is 1.88. The maximum atomic E-state index is 12.2. The second-order valence-corrected chi connectivity index (χ2v) is 4.91. The summed E-state index contributed by atoms with van der Waals surface area (Å²) < 4.78 is 0. The van der Waals surface area contributed by atoms with Gasteiger partial charge in [0.1, 0.15) is 5.82 Å². The summed E-state index contributed by atoms with van der Waals surface area (Å²) in [6.07, 6.45) is 5.88. The third-order valence-corrected chi connectivity index (χ3v) is 3.78. The number of carbonyl (C=O) groups excluding carboxylic acids is 1. The second-order valence-electron chi connectivity index (χ2n) is 4.47. The number of nitrogens with two attached hydrogens (primary N) is 1. The molecule has 0 saturated heterocycles. The summed E-state index contributed by atoms with van der Waals surface area (Å²) in [7, 11) is 0. The topological polar surface area (TPSA) is 83.8 Å². The van der Waals surface area contributed by atoms with E-state index < -0.39 is 5.41 Å². The molecule has 1 heterocycles. The van der Waals surface area contributed by atoms with Gasteiger partial charge in [0.05, 0.1) is 16.4 Å². The molecule has 0 aliphatic heterocycles. The fraction of sp³-hybridized carbons (Fsp3) is 0.545. The summed E-state index contributed by atoms with van der Waals surface area (Å²) >= 11 is 5.00. The van der Waals surface area contributed by atoms with E-state index >= 15 is 0 Å². The number of nitrogens with one attached hydrogen (secondary N) is 2. The zero-order valence-corrected chi connectivity index (χ0v) is 10.5. The smallest absolute Gasteiger partial charge is 0.233 e. The zero-order chi connectivity index (χ0) is 12.5. The number of aromatic amines is 1. The standard InChI is InChI=1S/C11H16N4OS/c1-7(8-13-5-6-14-8)15-10(16)11(9(12)17)3-2-4-11/h5-7H,2-4H2,1H3,(H2,12,17)(H,13,14)(H,15,16). The molecule has 92 valence electrons. The van der Waals surface area contributed by atoms with Crippen molar-refractivity contribution >= 4 is 23.1 Å². The lowest BCUT2D eigenvalue weighted by atomic mass is 9.68. The van der Waals surface area contributed by atoms with Crippen molar-refractivity contribution in [3.05, 3.63) is 18.2 Å². The molecule has 1 unspecified atom stereocenters. The van der Waals surface area contributed by atoms with Crippen molar-refractivity contribution in [1.82, 2.24) is 15.3 Å². The lowest BCUT2D eigenvalue weighted by Crippen LogP contribution is -2.53. The Morgan fingerprint density at radius 3 is 2.82 bits per heavy atom. The van der Waals surface area contributed by atoms with Crippen LogP contribution in [-0.4, -0.2) is 20.9 Å². The number of amides is 1. The van der Waals surface area contributed by atoms with Crippen LogP contribution in [0.1, 0.15) is 38.1 Å². The van der Waals surface area contributed by atoms with Gasteiger partial charge in [-0.2, -0.15) is 0 Å². The lowest BCUT2D eigenvalue weighted by Gasteiger charge is -2.39. The van der Waals surface area contributed by atoms with Crippen molar-refractivity contribution < 1.29 is 4.79 Å². The van der Waals surface area contributed by atoms with Gasteiger partial charge in [-0.25, -0.2) is 4.98 Å². The highest BCUT2D eigenvalue weighted by Gasteiger charge is 2.47. The Labute approximate surface area is 105 Å². The summed E-state index contributed by atoms with van der Waals surface area (Å²) in [4.78, 5) is 19.5. The van der Waals surface area contributed by atoms with Gasteiger partial charge in [-0.3, -0.25) is 4.79 Å². The number of nitrogens with zero attached hydrogens (tertiary/aromatic N) is 1. The minimum absolute atomic E-state index is 0.0832. The van der Waals surface area contributed by atoms with Gasteiger partial charge in [-0.1, -0.05) is 18.6 Å². The normalized spacial score (nSPS) is 19.1. The van der Waals surface area contributed by atoms with Gasteiger partial charge in [0, 0.05) is 12.4 Å². The quantitative estimate of drug-likeness (QED) is 0.699. The molecule has 0 bridgehead atoms. The number of thiocarbonyl (C=S) groups is 1. The summed E-state index contributed by atoms with van der Waals surface area (Å²) in [5.74, 6) is 0.649. The highest BCUT2D eigenvalue weighted by Crippen LogP contribution is 2.41. The maximum absolute atomic E-state index is 12.2. The Morgan fingerprint density at radius 1 is 1.71 bits per heavy atom. The van der Waals surface area contributed by atoms with E-state index in [1.165, 1.54) is 0 Å². The number of carbonyl (C=O) groups is 1. The predicted molar refractivity (Wildman–Crippen MR) is 68.2 cm³/mol. The van der Waals surface area contributed by atoms with Crippen LogP contribution in [0.25, 0.3) is 0 Å². The van der Waals surface area contributed by atoms with Crippen LogP contribution in [0.3, 0.4) is 0 Å². The van der Waals surface area contributed by atoms with Crippen molar-refractivity contribution in [2.75, 3.05) is 0 Å². The van der Waals surface area contributed by atoms with Gasteiger partial charge in [-0.15, -0.1) is 0 Å². The van der Waals surface area contributed by atoms with Crippen LogP contribution >= 0.6 is 12.2 Å². The van der Waals surface area contributed by atoms with Crippen molar-refractivity contribution in [3.8, 4) is 0 Å². The predicted octanol–water partition coefficient (Wildman–Crippen LogP) is 1.04. The van der Waals surface area contributed by atoms with E-state index in [9.17, 15) is 4.79 Å². The van der Waals surface area contributed by atoms with Crippen molar-refractivity contribution in [1.29, 1.82) is 0 Å². The molecule has 0 spiro atoms. The number of hydrogen-bond donors (Lipinski definition) is 3. The second kappa shape index (κ2) is 4.44. The first-order valence-corrected chi connectivity index (χ1v) is 6.07. The number of imidazole rings is 1. The van der Waals surface area contributed by atoms with E-state index in [1.807, 2.05) is 6.92 Å². The lowest BCUT2D eigenvalue weighted by molar-refractivity contribution is -0.131. The van der Waals surface area contributed by atoms with Crippen LogP contribution in [0.2, 0.25) is 0 Å². The van der Waals surface area contributed by atoms with E-state index in [4.69, 9.17) is 18.0 Å². The molecule has 1 aliphatic rings. The molecule has 1 aromatic rings. The summed E-state index contributed by atoms with van der Waals surface area (Å²) in [5.41, 5.74) is 5.05. The average Bonchev–Trinajstić information content (AvgIpc) is 2.66. The minimum atomic E-state index is -0.629. The Hall–Kier alpha value is -1.43. The molecule has 5 nitrogen and oxygen atoms in total. The summed E-state index contributed by atoms with van der Waals surface area (Å²) in [5, 5.41) is 2.91. The van der Waals surface area contributed by atoms with Gasteiger partial charge in [0.15, 0.2) is 0 Å². The van der Waals surface area contributed by atoms with E-state index in [0.29, 0.717) is 4.99 Å². The van der Waals surface area contributed by atoms with Crippen molar-refractivity contribution in [2.45, 2.75) is 32.2 Å². The van der Waals surface area contributed by atoms with Crippen LogP contribution in [0.4, 0.5) is 0 Å². The Bertz CT molecular complexity index is 425. The van der Waals surface area contributed by atoms with Crippen LogP contribution in [-0.2, 0) is 4.79 Å². The van der Waals surface area contributed by atoms with Crippen LogP contribution in [0.15, 0.2) is 12.4 Å². The minimum Gasteiger partial charge on any atom is -0.392 e. The largest absolute Gasteiger partial charge is 0.392 e. The van der Waals surface area contributed by atoms with Crippen LogP contribution in [0.5, 0.6) is 0 Å². The third kappa shape index (κ3) is 2.04. The molecule has 17 heavy (non-hydrogen) atoms. The Balaban J connectivity index is 2.04. The van der Waals surface area contributed by atoms with Crippen LogP contribution < -0.4 is 11.1 Å². The highest BCUT2D eigenvalue weighted by atomic mass is 32.1. The average molecular weight is 252 g/mol. The first-order valence-electron chi connectivity index (χ1n) is 5.66. The van der Waals surface area contributed by atoms with E-state index in [1.54, 1.807) is 12.4 Å². The molecule has 2 rings (SSSR count). The zero-order valence-electron chi connectivity index (χ0n) is 9.69. The van der Waals surface area contributed by atoms with Crippen LogP contribution in [0, 0.1) is 5.41 Å². The number of rotatable bonds is 4. The molecular weight excluding hydrogens is 236 g/mol. The maximum Gasteiger partial charge on any atom is 0.233 e. The third-order valence-electron chi connectivity index (χ3n) is 3.39. The Kier molecular flexibility index (Phi) is 3.15. The van der Waals surface area contributed by atoms with Gasteiger partial charge in [0.25, 0.3) is 0 Å². The van der Waals surface area contributed by atoms with Gasteiger partial charge in [0.2, 0.25) is 5.91 Å². The van der Waals surface area contributed by atoms with Crippen molar-refractivity contribution in [3.63, 3.8) is 0 Å². The van der Waals surface area contributed by atoms with E-state index in [-0.39, 0.29) is 11.9 Å². The van der Waals surface area contributed by atoms with E-state index in [2.05, 4.69) is 15.3 Å². The molecule has 6 heteroatoms. The SMILES string of the molecule is CC(NC(=O)C1(C(N)=S)CCC1)c1ncc[nH]1. The van der Waals surface area contributed by atoms with E-state index in [0.717, 1.165) is 25.1 Å². The number of H-pyrrole nitrogens is 1. The highest BCUT2D eigenvalue weighted by molar-refractivity contribution is 7.80. The first-order chi connectivity index (χ1) is 8.06. The molecule has 1 aromatic heterocycles. The molecule has 1 fully saturated rings. The monoisotopic (exact) mass is 252 g/mol.